The van der Waals surface area contributed by atoms with Gasteiger partial charge >= 0.3 is 0 Å². The molecule has 0 bridgehead atoms. The number of hydrogen-bond acceptors (Lipinski definition) is 3. The average molecular weight is 352 g/mol. The minimum absolute atomic E-state index is 0.107. The highest BCUT2D eigenvalue weighted by molar-refractivity contribution is 7.89. The van der Waals surface area contributed by atoms with E-state index in [0.29, 0.717) is 29.4 Å². The number of nitrogens with zero attached hydrogens (tertiary/aromatic N) is 1. The molecule has 1 aliphatic heterocycles. The number of ether oxygens (including phenoxy) is 1. The molecule has 0 radical (unpaired) electrons. The first-order valence-corrected chi connectivity index (χ1v) is 9.28. The van der Waals surface area contributed by atoms with E-state index < -0.39 is 10.0 Å². The quantitative estimate of drug-likeness (QED) is 0.777. The van der Waals surface area contributed by atoms with Gasteiger partial charge in [0, 0.05) is 23.7 Å². The Morgan fingerprint density at radius 3 is 2.33 bits per heavy atom. The first-order valence-electron chi connectivity index (χ1n) is 6.93. The van der Waals surface area contributed by atoms with E-state index in [2.05, 4.69) is 0 Å². The van der Waals surface area contributed by atoms with Gasteiger partial charge in [-0.2, -0.15) is 4.31 Å². The molecule has 2 rings (SSSR count). The largest absolute Gasteiger partial charge is 0.495 e. The summed E-state index contributed by atoms with van der Waals surface area (Å²) in [6.07, 6.45) is 3.88. The zero-order valence-electron chi connectivity index (χ0n) is 11.9. The fourth-order valence-corrected chi connectivity index (χ4v) is 4.81. The van der Waals surface area contributed by atoms with Crippen LogP contribution in [-0.2, 0) is 15.9 Å². The summed E-state index contributed by atoms with van der Waals surface area (Å²) in [4.78, 5) is 0.107. The summed E-state index contributed by atoms with van der Waals surface area (Å²) in [5.41, 5.74) is 0.583. The first-order chi connectivity index (χ1) is 10.0. The van der Waals surface area contributed by atoms with E-state index in [1.54, 1.807) is 6.07 Å². The summed E-state index contributed by atoms with van der Waals surface area (Å²) in [5.74, 6) is 0.436. The third-order valence-corrected chi connectivity index (χ3v) is 6.04. The summed E-state index contributed by atoms with van der Waals surface area (Å²) in [6.45, 7) is 1.07. The van der Waals surface area contributed by atoms with Gasteiger partial charge in [0.2, 0.25) is 10.0 Å². The Hall–Kier alpha value is -0.490. The molecule has 1 fully saturated rings. The second kappa shape index (κ2) is 7.18. The van der Waals surface area contributed by atoms with Crippen LogP contribution in [0.5, 0.6) is 5.75 Å². The highest BCUT2D eigenvalue weighted by atomic mass is 35.5. The van der Waals surface area contributed by atoms with Gasteiger partial charge in [-0.3, -0.25) is 0 Å². The predicted molar refractivity (Wildman–Crippen MR) is 84.8 cm³/mol. The predicted octanol–water partition coefficient (Wildman–Crippen LogP) is 3.65. The van der Waals surface area contributed by atoms with Crippen LogP contribution >= 0.6 is 23.2 Å². The number of halogens is 2. The zero-order chi connectivity index (χ0) is 15.5. The number of alkyl halides is 1. The summed E-state index contributed by atoms with van der Waals surface area (Å²) in [5, 5.41) is 0.347. The van der Waals surface area contributed by atoms with Crippen molar-refractivity contribution < 1.29 is 13.2 Å². The second-order valence-electron chi connectivity index (χ2n) is 5.05. The molecule has 1 saturated heterocycles. The highest BCUT2D eigenvalue weighted by Gasteiger charge is 2.29. The van der Waals surface area contributed by atoms with Crippen molar-refractivity contribution in [3.05, 3.63) is 22.7 Å². The summed E-state index contributed by atoms with van der Waals surface area (Å²) >= 11 is 11.9. The zero-order valence-corrected chi connectivity index (χ0v) is 14.3. The molecule has 1 aromatic rings. The van der Waals surface area contributed by atoms with Gasteiger partial charge in [-0.1, -0.05) is 24.4 Å². The monoisotopic (exact) mass is 351 g/mol. The van der Waals surface area contributed by atoms with E-state index in [1.165, 1.54) is 17.5 Å². The van der Waals surface area contributed by atoms with E-state index >= 15 is 0 Å². The molecule has 0 atom stereocenters. The highest BCUT2D eigenvalue weighted by Crippen LogP contribution is 2.35. The van der Waals surface area contributed by atoms with E-state index in [-0.39, 0.29) is 10.8 Å². The lowest BCUT2D eigenvalue weighted by molar-refractivity contribution is 0.389. The lowest BCUT2D eigenvalue weighted by Gasteiger charge is -2.22. The van der Waals surface area contributed by atoms with Crippen LogP contribution in [0.15, 0.2) is 17.0 Å². The molecular formula is C14H19Cl2NO3S. The minimum Gasteiger partial charge on any atom is -0.495 e. The van der Waals surface area contributed by atoms with Crippen LogP contribution in [0, 0.1) is 0 Å². The van der Waals surface area contributed by atoms with Gasteiger partial charge in [0.1, 0.15) is 10.6 Å². The maximum absolute atomic E-state index is 12.9. The van der Waals surface area contributed by atoms with Gasteiger partial charge < -0.3 is 4.74 Å². The standard InChI is InChI=1S/C14H19Cl2NO3S/c1-20-14-11(10-15)8-12(16)9-13(14)21(18,19)17-6-4-2-3-5-7-17/h8-9H,2-7,10H2,1H3. The van der Waals surface area contributed by atoms with E-state index in [9.17, 15) is 8.42 Å². The molecule has 7 heteroatoms. The van der Waals surface area contributed by atoms with Gasteiger partial charge in [0.25, 0.3) is 0 Å². The third-order valence-electron chi connectivity index (χ3n) is 3.63. The Morgan fingerprint density at radius 2 is 1.81 bits per heavy atom. The summed E-state index contributed by atoms with van der Waals surface area (Å²) in [6, 6.07) is 3.07. The van der Waals surface area contributed by atoms with Crippen LogP contribution in [0.4, 0.5) is 0 Å². The normalized spacial score (nSPS) is 17.5. The lowest BCUT2D eigenvalue weighted by atomic mass is 10.2. The summed E-state index contributed by atoms with van der Waals surface area (Å²) < 4.78 is 32.6. The molecule has 0 unspecified atom stereocenters. The molecule has 1 heterocycles. The SMILES string of the molecule is COc1c(CCl)cc(Cl)cc1S(=O)(=O)N1CCCCCC1. The van der Waals surface area contributed by atoms with E-state index in [0.717, 1.165) is 25.7 Å². The smallest absolute Gasteiger partial charge is 0.246 e. The van der Waals surface area contributed by atoms with Crippen molar-refractivity contribution in [1.29, 1.82) is 0 Å². The molecule has 0 amide bonds. The Labute approximate surface area is 136 Å². The van der Waals surface area contributed by atoms with Gasteiger partial charge in [-0.25, -0.2) is 8.42 Å². The molecule has 21 heavy (non-hydrogen) atoms. The number of methoxy groups -OCH3 is 1. The Morgan fingerprint density at radius 1 is 1.19 bits per heavy atom. The molecule has 1 aliphatic rings. The molecule has 1 aromatic carbocycles. The van der Waals surface area contributed by atoms with Crippen LogP contribution in [0.3, 0.4) is 0 Å². The molecule has 0 saturated carbocycles. The fourth-order valence-electron chi connectivity index (χ4n) is 2.57. The second-order valence-corrected chi connectivity index (χ2v) is 7.66. The molecule has 118 valence electrons. The van der Waals surface area contributed by atoms with Gasteiger partial charge in [0.05, 0.1) is 13.0 Å². The molecular weight excluding hydrogens is 333 g/mol. The van der Waals surface area contributed by atoms with Crippen molar-refractivity contribution in [2.45, 2.75) is 36.5 Å². The number of benzene rings is 1. The van der Waals surface area contributed by atoms with Crippen LogP contribution in [0.1, 0.15) is 31.2 Å². The van der Waals surface area contributed by atoms with E-state index in [1.807, 2.05) is 0 Å². The third kappa shape index (κ3) is 3.65. The van der Waals surface area contributed by atoms with Crippen molar-refractivity contribution >= 4 is 33.2 Å². The van der Waals surface area contributed by atoms with Crippen molar-refractivity contribution in [3.63, 3.8) is 0 Å². The van der Waals surface area contributed by atoms with Crippen molar-refractivity contribution in [2.24, 2.45) is 0 Å². The molecule has 4 nitrogen and oxygen atoms in total. The average Bonchev–Trinajstić information content (AvgIpc) is 2.75. The molecule has 0 aliphatic carbocycles. The maximum atomic E-state index is 12.9. The van der Waals surface area contributed by atoms with Crippen molar-refractivity contribution in [2.75, 3.05) is 20.2 Å². The van der Waals surface area contributed by atoms with Crippen molar-refractivity contribution in [3.8, 4) is 5.75 Å². The lowest BCUT2D eigenvalue weighted by Crippen LogP contribution is -2.32. The van der Waals surface area contributed by atoms with Crippen molar-refractivity contribution in [1.82, 2.24) is 4.31 Å². The van der Waals surface area contributed by atoms with E-state index in [4.69, 9.17) is 27.9 Å². The Kier molecular flexibility index (Phi) is 5.77. The van der Waals surface area contributed by atoms with Crippen LogP contribution in [0.2, 0.25) is 5.02 Å². The number of hydrogen-bond donors (Lipinski definition) is 0. The van der Waals surface area contributed by atoms with Crippen LogP contribution in [-0.4, -0.2) is 32.9 Å². The number of sulfonamides is 1. The van der Waals surface area contributed by atoms with Gasteiger partial charge in [-0.15, -0.1) is 11.6 Å². The Bertz CT molecular complexity index is 596. The first kappa shape index (κ1) is 16.9. The maximum Gasteiger partial charge on any atom is 0.246 e. The van der Waals surface area contributed by atoms with Gasteiger partial charge in [-0.05, 0) is 25.0 Å². The van der Waals surface area contributed by atoms with Crippen LogP contribution < -0.4 is 4.74 Å². The van der Waals surface area contributed by atoms with Gasteiger partial charge in [0.15, 0.2) is 0 Å². The summed E-state index contributed by atoms with van der Waals surface area (Å²) in [7, 11) is -2.17. The molecule has 0 N–H and O–H groups in total. The molecule has 0 spiro atoms. The topological polar surface area (TPSA) is 46.6 Å². The molecule has 0 aromatic heterocycles. The van der Waals surface area contributed by atoms with Crippen LogP contribution in [0.25, 0.3) is 0 Å². The fraction of sp³-hybridized carbons (Fsp3) is 0.571. The Balaban J connectivity index is 2.50. The number of rotatable bonds is 4. The minimum atomic E-state index is -3.62.